The number of hydrogen-bond acceptors (Lipinski definition) is 4. The van der Waals surface area contributed by atoms with Gasteiger partial charge >= 0.3 is 0 Å². The summed E-state index contributed by atoms with van der Waals surface area (Å²) < 4.78 is 11.3. The van der Waals surface area contributed by atoms with Gasteiger partial charge in [0, 0.05) is 32.1 Å². The predicted molar refractivity (Wildman–Crippen MR) is 116 cm³/mol. The summed E-state index contributed by atoms with van der Waals surface area (Å²) in [6, 6.07) is 15.5. The van der Waals surface area contributed by atoms with E-state index in [2.05, 4.69) is 5.32 Å². The maximum atomic E-state index is 12.0. The van der Waals surface area contributed by atoms with E-state index in [0.29, 0.717) is 37.6 Å². The molecule has 6 nitrogen and oxygen atoms in total. The van der Waals surface area contributed by atoms with Crippen LogP contribution in [-0.2, 0) is 16.2 Å². The number of nitrogens with zero attached hydrogens (tertiary/aromatic N) is 1. The molecule has 0 bridgehead atoms. The molecule has 1 aliphatic rings. The Hall–Kier alpha value is -3.28. The first-order valence-electron chi connectivity index (χ1n) is 10.2. The largest absolute Gasteiger partial charge is 0.493 e. The molecule has 0 unspecified atom stereocenters. The zero-order chi connectivity index (χ0) is 21.2. The molecule has 1 fully saturated rings. The number of amides is 2. The highest BCUT2D eigenvalue weighted by Crippen LogP contribution is 2.29. The van der Waals surface area contributed by atoms with E-state index in [1.54, 1.807) is 13.2 Å². The van der Waals surface area contributed by atoms with Crippen molar-refractivity contribution in [3.63, 3.8) is 0 Å². The molecule has 158 valence electrons. The average molecular weight is 408 g/mol. The zero-order valence-electron chi connectivity index (χ0n) is 17.3. The van der Waals surface area contributed by atoms with E-state index in [0.717, 1.165) is 30.5 Å². The SMILES string of the molecule is COc1cc(C=CC(=O)NCCCN2CCCC2=O)ccc1OCc1ccccc1. The molecule has 2 aromatic carbocycles. The van der Waals surface area contributed by atoms with Crippen molar-refractivity contribution < 1.29 is 19.1 Å². The molecule has 2 aromatic rings. The van der Waals surface area contributed by atoms with Crippen LogP contribution in [0.5, 0.6) is 11.5 Å². The van der Waals surface area contributed by atoms with Gasteiger partial charge in [-0.25, -0.2) is 0 Å². The highest BCUT2D eigenvalue weighted by Gasteiger charge is 2.18. The fraction of sp³-hybridized carbons (Fsp3) is 0.333. The van der Waals surface area contributed by atoms with Crippen molar-refractivity contribution in [1.29, 1.82) is 0 Å². The van der Waals surface area contributed by atoms with Crippen molar-refractivity contribution in [2.24, 2.45) is 0 Å². The fourth-order valence-electron chi connectivity index (χ4n) is 3.30. The Labute approximate surface area is 177 Å². The number of likely N-dealkylation sites (tertiary alicyclic amines) is 1. The number of methoxy groups -OCH3 is 1. The van der Waals surface area contributed by atoms with Gasteiger partial charge in [0.25, 0.3) is 0 Å². The van der Waals surface area contributed by atoms with E-state index < -0.39 is 0 Å². The molecule has 0 atom stereocenters. The van der Waals surface area contributed by atoms with Crippen LogP contribution in [0.25, 0.3) is 6.08 Å². The minimum absolute atomic E-state index is 0.161. The third-order valence-electron chi connectivity index (χ3n) is 4.93. The van der Waals surface area contributed by atoms with E-state index in [4.69, 9.17) is 9.47 Å². The summed E-state index contributed by atoms with van der Waals surface area (Å²) in [4.78, 5) is 25.4. The Morgan fingerprint density at radius 3 is 2.73 bits per heavy atom. The second-order valence-electron chi connectivity index (χ2n) is 7.15. The smallest absolute Gasteiger partial charge is 0.244 e. The summed E-state index contributed by atoms with van der Waals surface area (Å²) in [5.41, 5.74) is 1.92. The minimum atomic E-state index is -0.161. The van der Waals surface area contributed by atoms with Gasteiger partial charge in [-0.2, -0.15) is 0 Å². The van der Waals surface area contributed by atoms with Gasteiger partial charge in [-0.15, -0.1) is 0 Å². The summed E-state index contributed by atoms with van der Waals surface area (Å²) in [5.74, 6) is 1.32. The van der Waals surface area contributed by atoms with Crippen molar-refractivity contribution in [2.75, 3.05) is 26.7 Å². The summed E-state index contributed by atoms with van der Waals surface area (Å²) in [7, 11) is 1.59. The molecule has 1 heterocycles. The molecule has 2 amide bonds. The number of carbonyl (C=O) groups excluding carboxylic acids is 2. The molecule has 0 radical (unpaired) electrons. The highest BCUT2D eigenvalue weighted by molar-refractivity contribution is 5.91. The van der Waals surface area contributed by atoms with Crippen LogP contribution in [0.2, 0.25) is 0 Å². The quantitative estimate of drug-likeness (QED) is 0.483. The Morgan fingerprint density at radius 2 is 2.00 bits per heavy atom. The maximum absolute atomic E-state index is 12.0. The number of ether oxygens (including phenoxy) is 2. The molecule has 0 saturated carbocycles. The summed E-state index contributed by atoms with van der Waals surface area (Å²) in [5, 5.41) is 2.85. The lowest BCUT2D eigenvalue weighted by atomic mass is 10.2. The fourth-order valence-corrected chi connectivity index (χ4v) is 3.30. The Balaban J connectivity index is 1.46. The van der Waals surface area contributed by atoms with Crippen LogP contribution >= 0.6 is 0 Å². The maximum Gasteiger partial charge on any atom is 0.244 e. The monoisotopic (exact) mass is 408 g/mol. The van der Waals surface area contributed by atoms with E-state index in [-0.39, 0.29) is 11.8 Å². The molecule has 0 aliphatic carbocycles. The number of rotatable bonds is 10. The summed E-state index contributed by atoms with van der Waals surface area (Å²) in [6.07, 6.45) is 5.58. The molecule has 1 N–H and O–H groups in total. The number of nitrogens with one attached hydrogen (secondary N) is 1. The topological polar surface area (TPSA) is 67.9 Å². The number of hydrogen-bond donors (Lipinski definition) is 1. The van der Waals surface area contributed by atoms with E-state index in [1.807, 2.05) is 53.4 Å². The van der Waals surface area contributed by atoms with Crippen LogP contribution in [0, 0.1) is 0 Å². The molecular weight excluding hydrogens is 380 g/mol. The molecule has 30 heavy (non-hydrogen) atoms. The summed E-state index contributed by atoms with van der Waals surface area (Å²) >= 11 is 0. The molecule has 0 aromatic heterocycles. The van der Waals surface area contributed by atoms with Gasteiger partial charge in [-0.1, -0.05) is 36.4 Å². The Bertz CT molecular complexity index is 880. The molecule has 3 rings (SSSR count). The van der Waals surface area contributed by atoms with Gasteiger partial charge in [-0.05, 0) is 42.2 Å². The van der Waals surface area contributed by atoms with Crippen LogP contribution in [0.4, 0.5) is 0 Å². The normalized spacial score (nSPS) is 13.6. The molecular formula is C24H28N2O4. The van der Waals surface area contributed by atoms with Crippen LogP contribution < -0.4 is 14.8 Å². The van der Waals surface area contributed by atoms with Crippen LogP contribution in [0.15, 0.2) is 54.6 Å². The first-order chi connectivity index (χ1) is 14.7. The lowest BCUT2D eigenvalue weighted by Gasteiger charge is -2.14. The third-order valence-corrected chi connectivity index (χ3v) is 4.93. The summed E-state index contributed by atoms with van der Waals surface area (Å²) in [6.45, 7) is 2.53. The average Bonchev–Trinajstić information content (AvgIpc) is 3.19. The first kappa shape index (κ1) is 21.4. The Kier molecular flexibility index (Phi) is 7.89. The molecule has 6 heteroatoms. The van der Waals surface area contributed by atoms with Crippen molar-refractivity contribution >= 4 is 17.9 Å². The van der Waals surface area contributed by atoms with Crippen LogP contribution in [-0.4, -0.2) is 43.5 Å². The highest BCUT2D eigenvalue weighted by atomic mass is 16.5. The Morgan fingerprint density at radius 1 is 1.17 bits per heavy atom. The minimum Gasteiger partial charge on any atom is -0.493 e. The van der Waals surface area contributed by atoms with Gasteiger partial charge in [0.2, 0.25) is 11.8 Å². The van der Waals surface area contributed by atoms with Crippen molar-refractivity contribution in [2.45, 2.75) is 25.9 Å². The second kappa shape index (κ2) is 11.0. The number of benzene rings is 2. The van der Waals surface area contributed by atoms with E-state index in [9.17, 15) is 9.59 Å². The van der Waals surface area contributed by atoms with E-state index >= 15 is 0 Å². The first-order valence-corrected chi connectivity index (χ1v) is 10.2. The van der Waals surface area contributed by atoms with E-state index in [1.165, 1.54) is 6.08 Å². The van der Waals surface area contributed by atoms with Gasteiger partial charge < -0.3 is 19.7 Å². The van der Waals surface area contributed by atoms with Gasteiger partial charge in [0.15, 0.2) is 11.5 Å². The van der Waals surface area contributed by atoms with Gasteiger partial charge in [-0.3, -0.25) is 9.59 Å². The standard InChI is InChI=1S/C24H28N2O4/c1-29-22-17-19(10-12-21(22)30-18-20-7-3-2-4-8-20)11-13-23(27)25-14-6-16-26-15-5-9-24(26)28/h2-4,7-8,10-13,17H,5-6,9,14-16,18H2,1H3,(H,25,27). The predicted octanol–water partition coefficient (Wildman–Crippen LogP) is 3.42. The number of carbonyl (C=O) groups is 2. The third kappa shape index (κ3) is 6.37. The van der Waals surface area contributed by atoms with Crippen molar-refractivity contribution in [3.05, 3.63) is 65.7 Å². The molecule has 0 spiro atoms. The molecule has 1 aliphatic heterocycles. The van der Waals surface area contributed by atoms with Crippen LogP contribution in [0.1, 0.15) is 30.4 Å². The second-order valence-corrected chi connectivity index (χ2v) is 7.15. The molecule has 1 saturated heterocycles. The van der Waals surface area contributed by atoms with Crippen molar-refractivity contribution in [1.82, 2.24) is 10.2 Å². The zero-order valence-corrected chi connectivity index (χ0v) is 17.3. The van der Waals surface area contributed by atoms with Crippen LogP contribution in [0.3, 0.4) is 0 Å². The lowest BCUT2D eigenvalue weighted by molar-refractivity contribution is -0.127. The van der Waals surface area contributed by atoms with Gasteiger partial charge in [0.1, 0.15) is 6.61 Å². The van der Waals surface area contributed by atoms with Crippen molar-refractivity contribution in [3.8, 4) is 11.5 Å². The lowest BCUT2D eigenvalue weighted by Crippen LogP contribution is -2.29. The van der Waals surface area contributed by atoms with Gasteiger partial charge in [0.05, 0.1) is 7.11 Å².